The fraction of sp³-hybridized carbons (Fsp3) is 0.286. The lowest BCUT2D eigenvalue weighted by Gasteiger charge is -2.04. The lowest BCUT2D eigenvalue weighted by atomic mass is 10.3. The predicted octanol–water partition coefficient (Wildman–Crippen LogP) is 0.958. The highest BCUT2D eigenvalue weighted by Gasteiger charge is 2.06. The molecule has 0 spiro atoms. The molecule has 0 radical (unpaired) electrons. The van der Waals surface area contributed by atoms with Crippen LogP contribution >= 0.6 is 11.8 Å². The molecule has 0 fully saturated rings. The van der Waals surface area contributed by atoms with E-state index in [4.69, 9.17) is 5.73 Å². The van der Waals surface area contributed by atoms with Gasteiger partial charge in [-0.3, -0.25) is 4.79 Å². The third-order valence-corrected chi connectivity index (χ3v) is 2.31. The summed E-state index contributed by atoms with van der Waals surface area (Å²) in [7, 11) is 0. The van der Waals surface area contributed by atoms with Crippen LogP contribution in [0.25, 0.3) is 0 Å². The number of carbonyl (C=O) groups excluding carboxylic acids is 1. The maximum atomic E-state index is 10.2. The molecule has 64 valence electrons. The third-order valence-electron chi connectivity index (χ3n) is 1.39. The van der Waals surface area contributed by atoms with Crippen LogP contribution in [0.5, 0.6) is 0 Å². The summed E-state index contributed by atoms with van der Waals surface area (Å²) >= 11 is 1.08. The first kappa shape index (κ1) is 8.99. The number of hydrogen-bond donors (Lipinski definition) is 1. The highest BCUT2D eigenvalue weighted by atomic mass is 32.2. The number of aryl methyl sites for hydroxylation is 2. The fourth-order valence-electron chi connectivity index (χ4n) is 0.951. The van der Waals surface area contributed by atoms with Gasteiger partial charge in [0, 0.05) is 0 Å². The van der Waals surface area contributed by atoms with Crippen molar-refractivity contribution in [1.82, 2.24) is 9.97 Å². The van der Waals surface area contributed by atoms with Crippen molar-refractivity contribution < 1.29 is 4.79 Å². The number of anilines is 1. The average Bonchev–Trinajstić information content (AvgIpc) is 1.96. The SMILES string of the molecule is Cc1nc(N)nc(C)c1SC=O. The molecular weight excluding hydrogens is 174 g/mol. The van der Waals surface area contributed by atoms with Gasteiger partial charge >= 0.3 is 0 Å². The molecule has 0 atom stereocenters. The largest absolute Gasteiger partial charge is 0.368 e. The quantitative estimate of drug-likeness (QED) is 0.546. The number of rotatable bonds is 2. The van der Waals surface area contributed by atoms with Gasteiger partial charge in [-0.1, -0.05) is 11.8 Å². The van der Waals surface area contributed by atoms with Gasteiger partial charge in [-0.25, -0.2) is 9.97 Å². The van der Waals surface area contributed by atoms with E-state index in [9.17, 15) is 4.79 Å². The first-order valence-electron chi connectivity index (χ1n) is 3.36. The van der Waals surface area contributed by atoms with Gasteiger partial charge in [-0.2, -0.15) is 0 Å². The van der Waals surface area contributed by atoms with Crippen LogP contribution < -0.4 is 5.73 Å². The second-order valence-electron chi connectivity index (χ2n) is 2.30. The monoisotopic (exact) mass is 183 g/mol. The van der Waals surface area contributed by atoms with Crippen LogP contribution in [0.2, 0.25) is 0 Å². The summed E-state index contributed by atoms with van der Waals surface area (Å²) in [5.74, 6) is 0.250. The summed E-state index contributed by atoms with van der Waals surface area (Å²) in [4.78, 5) is 18.9. The highest BCUT2D eigenvalue weighted by molar-refractivity contribution is 8.12. The van der Waals surface area contributed by atoms with E-state index in [1.807, 2.05) is 0 Å². The Kier molecular flexibility index (Phi) is 2.65. The standard InChI is InChI=1S/C7H9N3OS/c1-4-6(12-3-11)5(2)10-7(8)9-4/h3H,1-2H3,(H2,8,9,10). The Balaban J connectivity index is 3.18. The highest BCUT2D eigenvalue weighted by Crippen LogP contribution is 2.21. The van der Waals surface area contributed by atoms with E-state index in [0.717, 1.165) is 33.7 Å². The topological polar surface area (TPSA) is 68.9 Å². The van der Waals surface area contributed by atoms with Crippen molar-refractivity contribution in [2.75, 3.05) is 5.73 Å². The van der Waals surface area contributed by atoms with Crippen molar-refractivity contribution in [2.24, 2.45) is 0 Å². The minimum atomic E-state index is 0.250. The first-order chi connectivity index (χ1) is 5.65. The summed E-state index contributed by atoms with van der Waals surface area (Å²) in [5, 5.41) is 0. The molecule has 12 heavy (non-hydrogen) atoms. The lowest BCUT2D eigenvalue weighted by molar-refractivity contribution is 0.570. The van der Waals surface area contributed by atoms with Gasteiger partial charge < -0.3 is 5.73 Å². The molecule has 0 amide bonds. The Morgan fingerprint density at radius 3 is 2.25 bits per heavy atom. The van der Waals surface area contributed by atoms with Crippen LogP contribution in [0.3, 0.4) is 0 Å². The smallest absolute Gasteiger partial charge is 0.220 e. The van der Waals surface area contributed by atoms with Crippen molar-refractivity contribution in [3.63, 3.8) is 0 Å². The van der Waals surface area contributed by atoms with Gasteiger partial charge in [0.1, 0.15) is 0 Å². The Morgan fingerprint density at radius 2 is 1.83 bits per heavy atom. The Labute approximate surface area is 74.6 Å². The summed E-state index contributed by atoms with van der Waals surface area (Å²) in [6, 6.07) is 0. The fourth-order valence-corrected chi connectivity index (χ4v) is 1.48. The third kappa shape index (κ3) is 1.73. The molecule has 5 heteroatoms. The second kappa shape index (κ2) is 3.53. The minimum Gasteiger partial charge on any atom is -0.368 e. The molecule has 4 nitrogen and oxygen atoms in total. The predicted molar refractivity (Wildman–Crippen MR) is 48.5 cm³/mol. The normalized spacial score (nSPS) is 9.83. The van der Waals surface area contributed by atoms with E-state index < -0.39 is 0 Å². The minimum absolute atomic E-state index is 0.250. The molecule has 1 heterocycles. The molecule has 1 aromatic rings. The average molecular weight is 183 g/mol. The Morgan fingerprint density at radius 1 is 1.33 bits per heavy atom. The Hall–Kier alpha value is -1.10. The van der Waals surface area contributed by atoms with Crippen LogP contribution in [0.1, 0.15) is 11.4 Å². The van der Waals surface area contributed by atoms with E-state index in [1.165, 1.54) is 0 Å². The van der Waals surface area contributed by atoms with E-state index in [2.05, 4.69) is 9.97 Å². The van der Waals surface area contributed by atoms with Crippen molar-refractivity contribution in [2.45, 2.75) is 18.7 Å². The molecular formula is C7H9N3OS. The number of nitrogens with zero attached hydrogens (tertiary/aromatic N) is 2. The first-order valence-corrected chi connectivity index (χ1v) is 4.24. The van der Waals surface area contributed by atoms with Gasteiger partial charge in [0.15, 0.2) is 5.62 Å². The van der Waals surface area contributed by atoms with Gasteiger partial charge in [-0.15, -0.1) is 0 Å². The molecule has 1 rings (SSSR count). The molecule has 0 unspecified atom stereocenters. The van der Waals surface area contributed by atoms with Gasteiger partial charge in [-0.05, 0) is 13.8 Å². The Bertz CT molecular complexity index is 291. The van der Waals surface area contributed by atoms with Crippen molar-refractivity contribution in [1.29, 1.82) is 0 Å². The van der Waals surface area contributed by atoms with Gasteiger partial charge in [0.05, 0.1) is 16.3 Å². The van der Waals surface area contributed by atoms with Crippen LogP contribution in [-0.4, -0.2) is 15.6 Å². The molecule has 0 saturated carbocycles. The molecule has 0 bridgehead atoms. The van der Waals surface area contributed by atoms with E-state index in [-0.39, 0.29) is 5.95 Å². The molecule has 0 saturated heterocycles. The summed E-state index contributed by atoms with van der Waals surface area (Å²) in [5.41, 5.74) is 7.66. The van der Waals surface area contributed by atoms with E-state index in [0.29, 0.717) is 0 Å². The molecule has 0 aliphatic carbocycles. The van der Waals surface area contributed by atoms with Crippen LogP contribution in [0.15, 0.2) is 4.90 Å². The van der Waals surface area contributed by atoms with Crippen LogP contribution in [-0.2, 0) is 4.79 Å². The summed E-state index contributed by atoms with van der Waals surface area (Å²) in [6.07, 6.45) is 0. The van der Waals surface area contributed by atoms with Crippen LogP contribution in [0.4, 0.5) is 5.95 Å². The number of aromatic nitrogens is 2. The molecule has 0 aromatic carbocycles. The van der Waals surface area contributed by atoms with Crippen molar-refractivity contribution >= 4 is 23.3 Å². The number of nitrogens with two attached hydrogens (primary N) is 1. The van der Waals surface area contributed by atoms with Crippen molar-refractivity contribution in [3.05, 3.63) is 11.4 Å². The second-order valence-corrected chi connectivity index (χ2v) is 3.13. The van der Waals surface area contributed by atoms with Gasteiger partial charge in [0.2, 0.25) is 5.95 Å². The van der Waals surface area contributed by atoms with E-state index >= 15 is 0 Å². The molecule has 0 aliphatic rings. The summed E-state index contributed by atoms with van der Waals surface area (Å²) < 4.78 is 0. The number of carbonyl (C=O) groups is 1. The zero-order valence-corrected chi connectivity index (χ0v) is 7.68. The van der Waals surface area contributed by atoms with Crippen LogP contribution in [0, 0.1) is 13.8 Å². The van der Waals surface area contributed by atoms with E-state index in [1.54, 1.807) is 13.8 Å². The number of thioether (sulfide) groups is 1. The maximum absolute atomic E-state index is 10.2. The number of nitrogen functional groups attached to an aromatic ring is 1. The molecule has 1 aromatic heterocycles. The molecule has 2 N–H and O–H groups in total. The zero-order chi connectivity index (χ0) is 9.14. The van der Waals surface area contributed by atoms with Crippen molar-refractivity contribution in [3.8, 4) is 0 Å². The zero-order valence-electron chi connectivity index (χ0n) is 6.87. The number of hydrogen-bond acceptors (Lipinski definition) is 5. The van der Waals surface area contributed by atoms with Gasteiger partial charge in [0.25, 0.3) is 0 Å². The lowest BCUT2D eigenvalue weighted by Crippen LogP contribution is -2.01. The summed E-state index contributed by atoms with van der Waals surface area (Å²) in [6.45, 7) is 3.60. The maximum Gasteiger partial charge on any atom is 0.220 e. The molecule has 0 aliphatic heterocycles.